The molecule has 118 valence electrons. The van der Waals surface area contributed by atoms with Gasteiger partial charge in [-0.15, -0.1) is 11.3 Å². The van der Waals surface area contributed by atoms with Crippen molar-refractivity contribution >= 4 is 17.2 Å². The lowest BCUT2D eigenvalue weighted by atomic mass is 10.1. The third-order valence-corrected chi connectivity index (χ3v) is 4.57. The average Bonchev–Trinajstić information content (AvgIpc) is 2.85. The number of nitrogens with one attached hydrogen (secondary N) is 1. The molecule has 0 saturated carbocycles. The summed E-state index contributed by atoms with van der Waals surface area (Å²) in [7, 11) is 0. The number of aryl methyl sites for hydroxylation is 1. The first-order chi connectivity index (χ1) is 10.6. The van der Waals surface area contributed by atoms with Crippen LogP contribution in [0.5, 0.6) is 0 Å². The molecule has 0 spiro atoms. The van der Waals surface area contributed by atoms with Crippen molar-refractivity contribution in [1.82, 2.24) is 10.3 Å². The Hall–Kier alpha value is -1.75. The number of amides is 1. The standard InChI is InChI=1S/C17H21FN2OS/c1-3-4-5-16(21)19-11-17-20-12(2)15(22-17)10-13-6-8-14(18)9-7-13/h6-9H,3-5,10-11H2,1-2H3,(H,19,21). The van der Waals surface area contributed by atoms with Crippen molar-refractivity contribution in [2.24, 2.45) is 0 Å². The van der Waals surface area contributed by atoms with Crippen LogP contribution in [-0.4, -0.2) is 10.9 Å². The molecule has 1 aromatic heterocycles. The maximum absolute atomic E-state index is 12.9. The summed E-state index contributed by atoms with van der Waals surface area (Å²) in [5, 5.41) is 3.82. The number of rotatable bonds is 7. The number of hydrogen-bond acceptors (Lipinski definition) is 3. The summed E-state index contributed by atoms with van der Waals surface area (Å²) in [6, 6.07) is 6.53. The number of carbonyl (C=O) groups excluding carboxylic acids is 1. The quantitative estimate of drug-likeness (QED) is 0.838. The summed E-state index contributed by atoms with van der Waals surface area (Å²) in [6.45, 7) is 4.52. The van der Waals surface area contributed by atoms with E-state index in [0.717, 1.165) is 40.4 Å². The third-order valence-electron chi connectivity index (χ3n) is 3.41. The van der Waals surface area contributed by atoms with E-state index in [1.807, 2.05) is 6.92 Å². The van der Waals surface area contributed by atoms with E-state index in [-0.39, 0.29) is 11.7 Å². The van der Waals surface area contributed by atoms with Crippen LogP contribution in [-0.2, 0) is 17.8 Å². The van der Waals surface area contributed by atoms with Crippen LogP contribution in [0.25, 0.3) is 0 Å². The van der Waals surface area contributed by atoms with Gasteiger partial charge in [-0.1, -0.05) is 25.5 Å². The fraction of sp³-hybridized carbons (Fsp3) is 0.412. The van der Waals surface area contributed by atoms with Crippen LogP contribution in [0, 0.1) is 12.7 Å². The van der Waals surface area contributed by atoms with E-state index in [9.17, 15) is 9.18 Å². The Morgan fingerprint density at radius 2 is 2.05 bits per heavy atom. The van der Waals surface area contributed by atoms with Gasteiger partial charge in [-0.3, -0.25) is 4.79 Å². The molecule has 1 N–H and O–H groups in total. The minimum absolute atomic E-state index is 0.0785. The zero-order chi connectivity index (χ0) is 15.9. The second kappa shape index (κ2) is 8.03. The highest BCUT2D eigenvalue weighted by molar-refractivity contribution is 7.11. The summed E-state index contributed by atoms with van der Waals surface area (Å²) >= 11 is 1.60. The largest absolute Gasteiger partial charge is 0.350 e. The molecule has 0 aliphatic rings. The highest BCUT2D eigenvalue weighted by Crippen LogP contribution is 2.21. The summed E-state index contributed by atoms with van der Waals surface area (Å²) in [5.74, 6) is -0.143. The first-order valence-electron chi connectivity index (χ1n) is 7.54. The first kappa shape index (κ1) is 16.6. The lowest BCUT2D eigenvalue weighted by molar-refractivity contribution is -0.121. The maximum atomic E-state index is 12.9. The Kier molecular flexibility index (Phi) is 6.07. The van der Waals surface area contributed by atoms with Gasteiger partial charge in [-0.2, -0.15) is 0 Å². The van der Waals surface area contributed by atoms with Gasteiger partial charge in [0.05, 0.1) is 12.2 Å². The molecule has 0 aliphatic heterocycles. The smallest absolute Gasteiger partial charge is 0.220 e. The average molecular weight is 320 g/mol. The van der Waals surface area contributed by atoms with Crippen LogP contribution in [0.1, 0.15) is 47.3 Å². The molecular formula is C17H21FN2OS. The lowest BCUT2D eigenvalue weighted by Crippen LogP contribution is -2.22. The minimum Gasteiger partial charge on any atom is -0.350 e. The van der Waals surface area contributed by atoms with Gasteiger partial charge >= 0.3 is 0 Å². The molecule has 22 heavy (non-hydrogen) atoms. The molecule has 5 heteroatoms. The monoisotopic (exact) mass is 320 g/mol. The second-order valence-corrected chi connectivity index (χ2v) is 6.47. The molecule has 2 aromatic rings. The molecule has 1 aromatic carbocycles. The van der Waals surface area contributed by atoms with Crippen molar-refractivity contribution in [2.45, 2.75) is 46.1 Å². The van der Waals surface area contributed by atoms with E-state index < -0.39 is 0 Å². The Labute approximate surface area is 134 Å². The topological polar surface area (TPSA) is 42.0 Å². The van der Waals surface area contributed by atoms with Crippen molar-refractivity contribution in [3.8, 4) is 0 Å². The number of hydrogen-bond donors (Lipinski definition) is 1. The lowest BCUT2D eigenvalue weighted by Gasteiger charge is -2.01. The molecule has 0 bridgehead atoms. The van der Waals surface area contributed by atoms with Crippen LogP contribution in [0.15, 0.2) is 24.3 Å². The Morgan fingerprint density at radius 3 is 2.73 bits per heavy atom. The molecule has 1 heterocycles. The molecule has 1 amide bonds. The molecular weight excluding hydrogens is 299 g/mol. The van der Waals surface area contributed by atoms with E-state index in [0.29, 0.717) is 13.0 Å². The predicted molar refractivity (Wildman–Crippen MR) is 87.4 cm³/mol. The van der Waals surface area contributed by atoms with E-state index in [1.54, 1.807) is 23.5 Å². The minimum atomic E-state index is -0.222. The van der Waals surface area contributed by atoms with Crippen LogP contribution < -0.4 is 5.32 Å². The summed E-state index contributed by atoms with van der Waals surface area (Å²) < 4.78 is 12.9. The molecule has 2 rings (SSSR count). The van der Waals surface area contributed by atoms with E-state index in [1.165, 1.54) is 12.1 Å². The van der Waals surface area contributed by atoms with E-state index in [2.05, 4.69) is 17.2 Å². The predicted octanol–water partition coefficient (Wildman–Crippen LogP) is 3.99. The van der Waals surface area contributed by atoms with Crippen molar-refractivity contribution in [3.63, 3.8) is 0 Å². The van der Waals surface area contributed by atoms with Gasteiger partial charge in [0.25, 0.3) is 0 Å². The van der Waals surface area contributed by atoms with Gasteiger partial charge in [0.15, 0.2) is 0 Å². The number of unbranched alkanes of at least 4 members (excludes halogenated alkanes) is 1. The molecule has 0 aliphatic carbocycles. The molecule has 0 unspecified atom stereocenters. The molecule has 0 saturated heterocycles. The van der Waals surface area contributed by atoms with Crippen LogP contribution >= 0.6 is 11.3 Å². The Morgan fingerprint density at radius 1 is 1.32 bits per heavy atom. The number of aromatic nitrogens is 1. The summed E-state index contributed by atoms with van der Waals surface area (Å²) in [4.78, 5) is 17.3. The highest BCUT2D eigenvalue weighted by Gasteiger charge is 2.09. The van der Waals surface area contributed by atoms with Gasteiger partial charge in [-0.25, -0.2) is 9.37 Å². The van der Waals surface area contributed by atoms with Gasteiger partial charge in [0, 0.05) is 17.7 Å². The van der Waals surface area contributed by atoms with Crippen LogP contribution in [0.3, 0.4) is 0 Å². The Bertz CT molecular complexity index is 622. The fourth-order valence-corrected chi connectivity index (χ4v) is 3.16. The van der Waals surface area contributed by atoms with Gasteiger partial charge in [0.2, 0.25) is 5.91 Å². The van der Waals surface area contributed by atoms with Crippen LogP contribution in [0.2, 0.25) is 0 Å². The van der Waals surface area contributed by atoms with Gasteiger partial charge < -0.3 is 5.32 Å². The molecule has 0 radical (unpaired) electrons. The second-order valence-electron chi connectivity index (χ2n) is 5.30. The number of nitrogens with zero attached hydrogens (tertiary/aromatic N) is 1. The normalized spacial score (nSPS) is 10.7. The highest BCUT2D eigenvalue weighted by atomic mass is 32.1. The van der Waals surface area contributed by atoms with E-state index >= 15 is 0 Å². The van der Waals surface area contributed by atoms with Crippen LogP contribution in [0.4, 0.5) is 4.39 Å². The van der Waals surface area contributed by atoms with Crippen molar-refractivity contribution in [2.75, 3.05) is 0 Å². The Balaban J connectivity index is 1.93. The maximum Gasteiger partial charge on any atom is 0.220 e. The zero-order valence-corrected chi connectivity index (χ0v) is 13.8. The zero-order valence-electron chi connectivity index (χ0n) is 13.0. The molecule has 3 nitrogen and oxygen atoms in total. The first-order valence-corrected chi connectivity index (χ1v) is 8.36. The third kappa shape index (κ3) is 4.91. The van der Waals surface area contributed by atoms with E-state index in [4.69, 9.17) is 0 Å². The molecule has 0 fully saturated rings. The number of carbonyl (C=O) groups is 1. The number of benzene rings is 1. The fourth-order valence-electron chi connectivity index (χ4n) is 2.12. The SMILES string of the molecule is CCCCC(=O)NCc1nc(C)c(Cc2ccc(F)cc2)s1. The number of halogens is 1. The van der Waals surface area contributed by atoms with Crippen molar-refractivity contribution in [1.29, 1.82) is 0 Å². The van der Waals surface area contributed by atoms with Gasteiger partial charge in [0.1, 0.15) is 10.8 Å². The molecule has 0 atom stereocenters. The van der Waals surface area contributed by atoms with Crippen molar-refractivity contribution in [3.05, 3.63) is 51.2 Å². The van der Waals surface area contributed by atoms with Crippen molar-refractivity contribution < 1.29 is 9.18 Å². The summed E-state index contributed by atoms with van der Waals surface area (Å²) in [5.41, 5.74) is 2.04. The summed E-state index contributed by atoms with van der Waals surface area (Å²) in [6.07, 6.45) is 3.25. The van der Waals surface area contributed by atoms with Gasteiger partial charge in [-0.05, 0) is 31.0 Å². The number of thiazole rings is 1.